The molecule has 2 aromatic rings. The van der Waals surface area contributed by atoms with Gasteiger partial charge in [0, 0.05) is 15.4 Å². The molecule has 0 heterocycles. The molecule has 2 rings (SSSR count). The average Bonchev–Trinajstić information content (AvgIpc) is 2.41. The highest BCUT2D eigenvalue weighted by molar-refractivity contribution is 9.10. The van der Waals surface area contributed by atoms with Crippen LogP contribution in [0.5, 0.6) is 0 Å². The summed E-state index contributed by atoms with van der Waals surface area (Å²) in [4.78, 5) is 0. The maximum atomic E-state index is 13.8. The summed E-state index contributed by atoms with van der Waals surface area (Å²) in [6.45, 7) is 0. The van der Waals surface area contributed by atoms with E-state index in [1.807, 2.05) is 12.1 Å². The molecule has 1 unspecified atom stereocenters. The van der Waals surface area contributed by atoms with Crippen LogP contribution < -0.4 is 0 Å². The molecule has 20 heavy (non-hydrogen) atoms. The van der Waals surface area contributed by atoms with Crippen molar-refractivity contribution in [2.75, 3.05) is 5.88 Å². The second kappa shape index (κ2) is 7.44. The Kier molecular flexibility index (Phi) is 5.88. The predicted octanol–water partition coefficient (Wildman–Crippen LogP) is 5.88. The Morgan fingerprint density at radius 2 is 1.90 bits per heavy atom. The van der Waals surface area contributed by atoms with Gasteiger partial charge in [0.2, 0.25) is 0 Å². The summed E-state index contributed by atoms with van der Waals surface area (Å²) in [7, 11) is 0. The molecule has 0 amide bonds. The molecule has 0 aromatic heterocycles. The van der Waals surface area contributed by atoms with Crippen molar-refractivity contribution in [1.29, 1.82) is 0 Å². The average molecular weight is 376 g/mol. The summed E-state index contributed by atoms with van der Waals surface area (Å²) in [5.41, 5.74) is 1.86. The first-order valence-corrected chi connectivity index (χ1v) is 8.03. The molecule has 1 atom stereocenters. The molecular formula is C16H14BrCl2F. The van der Waals surface area contributed by atoms with E-state index in [9.17, 15) is 4.39 Å². The van der Waals surface area contributed by atoms with Crippen molar-refractivity contribution < 1.29 is 4.39 Å². The molecule has 0 aliphatic rings. The van der Waals surface area contributed by atoms with E-state index in [4.69, 9.17) is 23.2 Å². The van der Waals surface area contributed by atoms with E-state index in [1.54, 1.807) is 12.1 Å². The van der Waals surface area contributed by atoms with E-state index in [-0.39, 0.29) is 11.7 Å². The van der Waals surface area contributed by atoms with Gasteiger partial charge in [-0.05, 0) is 54.2 Å². The Balaban J connectivity index is 2.09. The minimum atomic E-state index is -0.262. The monoisotopic (exact) mass is 374 g/mol. The summed E-state index contributed by atoms with van der Waals surface area (Å²) in [6.07, 6.45) is 1.43. The van der Waals surface area contributed by atoms with E-state index in [1.165, 1.54) is 11.6 Å². The number of benzene rings is 2. The molecule has 0 radical (unpaired) electrons. The Morgan fingerprint density at radius 1 is 1.10 bits per heavy atom. The van der Waals surface area contributed by atoms with E-state index in [0.29, 0.717) is 22.9 Å². The molecule has 0 N–H and O–H groups in total. The normalized spacial score (nSPS) is 12.4. The van der Waals surface area contributed by atoms with E-state index in [2.05, 4.69) is 28.1 Å². The van der Waals surface area contributed by atoms with Crippen LogP contribution in [0.15, 0.2) is 46.9 Å². The van der Waals surface area contributed by atoms with Gasteiger partial charge >= 0.3 is 0 Å². The number of rotatable bonds is 5. The Morgan fingerprint density at radius 3 is 2.55 bits per heavy atom. The molecule has 0 saturated carbocycles. The highest BCUT2D eigenvalue weighted by Gasteiger charge is 2.13. The van der Waals surface area contributed by atoms with Crippen molar-refractivity contribution in [3.8, 4) is 0 Å². The Labute approximate surface area is 137 Å². The van der Waals surface area contributed by atoms with E-state index in [0.717, 1.165) is 10.9 Å². The highest BCUT2D eigenvalue weighted by Crippen LogP contribution is 2.22. The van der Waals surface area contributed by atoms with Crippen LogP contribution in [0, 0.1) is 11.7 Å². The van der Waals surface area contributed by atoms with Gasteiger partial charge in [0.15, 0.2) is 0 Å². The molecule has 0 spiro atoms. The summed E-state index contributed by atoms with van der Waals surface area (Å²) in [5.74, 6) is 0.428. The standard InChI is InChI=1S/C16H14BrCl2F/c17-14-3-1-2-11(8-14)6-12(10-18)7-13-4-5-15(19)9-16(13)20/h1-5,8-9,12H,6-7,10H2. The Hall–Kier alpha value is -0.570. The third-order valence-electron chi connectivity index (χ3n) is 3.16. The number of alkyl halides is 1. The maximum absolute atomic E-state index is 13.8. The number of hydrogen-bond donors (Lipinski definition) is 0. The molecule has 0 saturated heterocycles. The van der Waals surface area contributed by atoms with Crippen molar-refractivity contribution in [2.45, 2.75) is 12.8 Å². The van der Waals surface area contributed by atoms with E-state index >= 15 is 0 Å². The zero-order valence-corrected chi connectivity index (χ0v) is 13.8. The van der Waals surface area contributed by atoms with Crippen LogP contribution in [0.1, 0.15) is 11.1 Å². The topological polar surface area (TPSA) is 0 Å². The van der Waals surface area contributed by atoms with Crippen LogP contribution in [-0.2, 0) is 12.8 Å². The van der Waals surface area contributed by atoms with Gasteiger partial charge < -0.3 is 0 Å². The molecule has 106 valence electrons. The van der Waals surface area contributed by atoms with Crippen molar-refractivity contribution in [2.24, 2.45) is 5.92 Å². The fraction of sp³-hybridized carbons (Fsp3) is 0.250. The van der Waals surface area contributed by atoms with Crippen LogP contribution in [0.2, 0.25) is 5.02 Å². The van der Waals surface area contributed by atoms with Crippen LogP contribution in [0.3, 0.4) is 0 Å². The zero-order valence-electron chi connectivity index (χ0n) is 10.8. The Bertz CT molecular complexity index is 586. The van der Waals surface area contributed by atoms with Crippen LogP contribution in [-0.4, -0.2) is 5.88 Å². The second-order valence-electron chi connectivity index (χ2n) is 4.79. The lowest BCUT2D eigenvalue weighted by atomic mass is 9.94. The lowest BCUT2D eigenvalue weighted by Gasteiger charge is -2.15. The van der Waals surface area contributed by atoms with Gasteiger partial charge in [0.1, 0.15) is 5.82 Å². The quantitative estimate of drug-likeness (QED) is 0.572. The minimum Gasteiger partial charge on any atom is -0.207 e. The van der Waals surface area contributed by atoms with Gasteiger partial charge in [-0.15, -0.1) is 11.6 Å². The van der Waals surface area contributed by atoms with Crippen molar-refractivity contribution >= 4 is 39.1 Å². The molecular weight excluding hydrogens is 362 g/mol. The molecule has 0 aliphatic heterocycles. The molecule has 4 heteroatoms. The number of hydrogen-bond acceptors (Lipinski definition) is 0. The largest absolute Gasteiger partial charge is 0.207 e. The van der Waals surface area contributed by atoms with Gasteiger partial charge in [0.25, 0.3) is 0 Å². The van der Waals surface area contributed by atoms with Gasteiger partial charge in [-0.1, -0.05) is 45.7 Å². The van der Waals surface area contributed by atoms with Gasteiger partial charge in [-0.25, -0.2) is 4.39 Å². The van der Waals surface area contributed by atoms with Crippen molar-refractivity contribution in [3.05, 3.63) is 68.9 Å². The third-order valence-corrected chi connectivity index (χ3v) is 4.32. The van der Waals surface area contributed by atoms with Gasteiger partial charge in [-0.3, -0.25) is 0 Å². The van der Waals surface area contributed by atoms with Crippen LogP contribution in [0.4, 0.5) is 4.39 Å². The van der Waals surface area contributed by atoms with Crippen molar-refractivity contribution in [3.63, 3.8) is 0 Å². The first-order chi connectivity index (χ1) is 9.58. The SMILES string of the molecule is Fc1cc(Cl)ccc1CC(CCl)Cc1cccc(Br)c1. The summed E-state index contributed by atoms with van der Waals surface area (Å²) >= 11 is 15.2. The predicted molar refractivity (Wildman–Crippen MR) is 87.2 cm³/mol. The summed E-state index contributed by atoms with van der Waals surface area (Å²) in [6, 6.07) is 12.9. The molecule has 0 aliphatic carbocycles. The van der Waals surface area contributed by atoms with Gasteiger partial charge in [0.05, 0.1) is 0 Å². The maximum Gasteiger partial charge on any atom is 0.127 e. The third kappa shape index (κ3) is 4.47. The van der Waals surface area contributed by atoms with E-state index < -0.39 is 0 Å². The molecule has 0 fully saturated rings. The smallest absolute Gasteiger partial charge is 0.127 e. The first-order valence-electron chi connectivity index (χ1n) is 6.33. The second-order valence-corrected chi connectivity index (χ2v) is 6.45. The molecule has 0 bridgehead atoms. The fourth-order valence-corrected chi connectivity index (χ4v) is 3.00. The summed E-state index contributed by atoms with van der Waals surface area (Å²) < 4.78 is 14.9. The van der Waals surface area contributed by atoms with Gasteiger partial charge in [-0.2, -0.15) is 0 Å². The van der Waals surface area contributed by atoms with Crippen LogP contribution >= 0.6 is 39.1 Å². The van der Waals surface area contributed by atoms with Crippen molar-refractivity contribution in [1.82, 2.24) is 0 Å². The van der Waals surface area contributed by atoms with Crippen LogP contribution in [0.25, 0.3) is 0 Å². The highest BCUT2D eigenvalue weighted by atomic mass is 79.9. The lowest BCUT2D eigenvalue weighted by Crippen LogP contribution is -2.11. The fourth-order valence-electron chi connectivity index (χ4n) is 2.18. The zero-order chi connectivity index (χ0) is 14.5. The lowest BCUT2D eigenvalue weighted by molar-refractivity contribution is 0.546. The number of halogens is 4. The molecule has 2 aromatic carbocycles. The first kappa shape index (κ1) is 15.8. The minimum absolute atomic E-state index is 0.196. The summed E-state index contributed by atoms with van der Waals surface area (Å²) in [5, 5.41) is 0.417. The molecule has 0 nitrogen and oxygen atoms in total.